The highest BCUT2D eigenvalue weighted by Crippen LogP contribution is 2.41. The van der Waals surface area contributed by atoms with Crippen LogP contribution in [-0.2, 0) is 0 Å². The van der Waals surface area contributed by atoms with Crippen LogP contribution in [0.2, 0.25) is 0 Å². The van der Waals surface area contributed by atoms with Crippen molar-refractivity contribution in [1.29, 1.82) is 0 Å². The van der Waals surface area contributed by atoms with E-state index in [0.29, 0.717) is 17.9 Å². The van der Waals surface area contributed by atoms with Crippen molar-refractivity contribution in [3.8, 4) is 0 Å². The second-order valence-electron chi connectivity index (χ2n) is 6.53. The van der Waals surface area contributed by atoms with E-state index in [1.54, 1.807) is 0 Å². The predicted molar refractivity (Wildman–Crippen MR) is 72.2 cm³/mol. The molecule has 0 heterocycles. The van der Waals surface area contributed by atoms with Gasteiger partial charge in [0.15, 0.2) is 0 Å². The number of nitrogens with one attached hydrogen (secondary N) is 1. The van der Waals surface area contributed by atoms with Crippen LogP contribution in [0.1, 0.15) is 52.4 Å². The molecule has 0 saturated heterocycles. The first-order valence-electron chi connectivity index (χ1n) is 7.64. The smallest absolute Gasteiger partial charge is 0.104 e. The van der Waals surface area contributed by atoms with Gasteiger partial charge in [0.05, 0.1) is 6.61 Å². The minimum Gasteiger partial charge on any atom is -0.395 e. The molecule has 2 nitrogen and oxygen atoms in total. The van der Waals surface area contributed by atoms with Gasteiger partial charge in [-0.2, -0.15) is 0 Å². The van der Waals surface area contributed by atoms with E-state index in [1.807, 2.05) is 0 Å². The van der Waals surface area contributed by atoms with Gasteiger partial charge in [-0.05, 0) is 37.5 Å². The topological polar surface area (TPSA) is 32.3 Å². The summed E-state index contributed by atoms with van der Waals surface area (Å²) in [6.07, 6.45) is 5.80. The lowest BCUT2D eigenvalue weighted by molar-refractivity contribution is 0.0981. The highest BCUT2D eigenvalue weighted by molar-refractivity contribution is 4.96. The number of alkyl halides is 1. The van der Waals surface area contributed by atoms with Crippen molar-refractivity contribution in [2.45, 2.75) is 70.6 Å². The molecule has 0 spiro atoms. The molecular formula is C15H28FNO. The molecule has 0 amide bonds. The average Bonchev–Trinajstić information content (AvgIpc) is 3.16. The molecule has 2 aliphatic carbocycles. The van der Waals surface area contributed by atoms with E-state index in [1.165, 1.54) is 19.3 Å². The SMILES string of the molecule is CC(C)[C@@H](CO)N[C@@H](C1CC1)C1CCCCC1F. The lowest BCUT2D eigenvalue weighted by Gasteiger charge is -2.37. The van der Waals surface area contributed by atoms with Gasteiger partial charge in [0.2, 0.25) is 0 Å². The van der Waals surface area contributed by atoms with Crippen LogP contribution in [-0.4, -0.2) is 30.0 Å². The quantitative estimate of drug-likeness (QED) is 0.767. The van der Waals surface area contributed by atoms with Crippen molar-refractivity contribution in [3.63, 3.8) is 0 Å². The van der Waals surface area contributed by atoms with E-state index in [2.05, 4.69) is 19.2 Å². The summed E-state index contributed by atoms with van der Waals surface area (Å²) in [5, 5.41) is 13.0. The third-order valence-corrected chi connectivity index (χ3v) is 4.73. The summed E-state index contributed by atoms with van der Waals surface area (Å²) in [5.74, 6) is 1.23. The van der Waals surface area contributed by atoms with Crippen LogP contribution in [0.25, 0.3) is 0 Å². The number of rotatable bonds is 6. The molecule has 0 radical (unpaired) electrons. The molecule has 2 N–H and O–H groups in total. The molecule has 2 fully saturated rings. The highest BCUT2D eigenvalue weighted by atomic mass is 19.1. The van der Waals surface area contributed by atoms with Gasteiger partial charge in [-0.3, -0.25) is 0 Å². The minimum absolute atomic E-state index is 0.115. The zero-order chi connectivity index (χ0) is 13.1. The van der Waals surface area contributed by atoms with E-state index in [-0.39, 0.29) is 18.6 Å². The van der Waals surface area contributed by atoms with Gasteiger partial charge in [0.1, 0.15) is 6.17 Å². The van der Waals surface area contributed by atoms with E-state index in [9.17, 15) is 9.50 Å². The lowest BCUT2D eigenvalue weighted by atomic mass is 9.80. The standard InChI is InChI=1S/C15H28FNO/c1-10(2)14(9-18)17-15(11-7-8-11)12-5-3-4-6-13(12)16/h10-15,17-18H,3-9H2,1-2H3/t12?,13?,14-,15+/m1/s1. The van der Waals surface area contributed by atoms with Gasteiger partial charge in [0, 0.05) is 18.0 Å². The van der Waals surface area contributed by atoms with E-state index in [4.69, 9.17) is 0 Å². The summed E-state index contributed by atoms with van der Waals surface area (Å²) in [7, 11) is 0. The van der Waals surface area contributed by atoms with Crippen molar-refractivity contribution in [2.24, 2.45) is 17.8 Å². The van der Waals surface area contributed by atoms with Gasteiger partial charge in [-0.15, -0.1) is 0 Å². The lowest BCUT2D eigenvalue weighted by Crippen LogP contribution is -2.51. The van der Waals surface area contributed by atoms with E-state index < -0.39 is 6.17 Å². The van der Waals surface area contributed by atoms with Gasteiger partial charge in [-0.1, -0.05) is 26.7 Å². The summed E-state index contributed by atoms with van der Waals surface area (Å²) < 4.78 is 14.1. The summed E-state index contributed by atoms with van der Waals surface area (Å²) >= 11 is 0. The first-order valence-corrected chi connectivity index (χ1v) is 7.64. The molecule has 2 rings (SSSR count). The zero-order valence-electron chi connectivity index (χ0n) is 11.7. The second-order valence-corrected chi connectivity index (χ2v) is 6.53. The maximum Gasteiger partial charge on any atom is 0.104 e. The Morgan fingerprint density at radius 1 is 1.17 bits per heavy atom. The van der Waals surface area contributed by atoms with Crippen LogP contribution in [0.4, 0.5) is 4.39 Å². The fourth-order valence-corrected chi connectivity index (χ4v) is 3.29. The molecule has 2 aliphatic rings. The average molecular weight is 257 g/mol. The Labute approximate surface area is 110 Å². The minimum atomic E-state index is -0.636. The molecule has 0 aliphatic heterocycles. The Balaban J connectivity index is 1.98. The van der Waals surface area contributed by atoms with Crippen LogP contribution in [0, 0.1) is 17.8 Å². The Bertz CT molecular complexity index is 255. The second kappa shape index (κ2) is 6.33. The first-order chi connectivity index (χ1) is 8.63. The Hall–Kier alpha value is -0.150. The Morgan fingerprint density at radius 2 is 1.83 bits per heavy atom. The fourth-order valence-electron chi connectivity index (χ4n) is 3.29. The van der Waals surface area contributed by atoms with Crippen LogP contribution < -0.4 is 5.32 Å². The largest absolute Gasteiger partial charge is 0.395 e. The van der Waals surface area contributed by atoms with Gasteiger partial charge < -0.3 is 10.4 Å². The van der Waals surface area contributed by atoms with Crippen molar-refractivity contribution < 1.29 is 9.50 Å². The zero-order valence-corrected chi connectivity index (χ0v) is 11.7. The van der Waals surface area contributed by atoms with Crippen molar-refractivity contribution in [1.82, 2.24) is 5.32 Å². The molecule has 18 heavy (non-hydrogen) atoms. The first kappa shape index (κ1) is 14.3. The molecule has 0 aromatic heterocycles. The molecule has 0 aromatic carbocycles. The van der Waals surface area contributed by atoms with Crippen LogP contribution in [0.3, 0.4) is 0 Å². The Kier molecular flexibility index (Phi) is 5.02. The van der Waals surface area contributed by atoms with Gasteiger partial charge in [0.25, 0.3) is 0 Å². The van der Waals surface area contributed by atoms with Crippen LogP contribution in [0.15, 0.2) is 0 Å². The predicted octanol–water partition coefficient (Wildman–Crippen LogP) is 2.90. The molecule has 106 valence electrons. The molecule has 3 heteroatoms. The van der Waals surface area contributed by atoms with Gasteiger partial charge in [-0.25, -0.2) is 4.39 Å². The van der Waals surface area contributed by atoms with E-state index in [0.717, 1.165) is 19.3 Å². The van der Waals surface area contributed by atoms with Crippen molar-refractivity contribution in [3.05, 3.63) is 0 Å². The van der Waals surface area contributed by atoms with E-state index >= 15 is 0 Å². The maximum absolute atomic E-state index is 14.1. The third-order valence-electron chi connectivity index (χ3n) is 4.73. The maximum atomic E-state index is 14.1. The summed E-state index contributed by atoms with van der Waals surface area (Å²) in [4.78, 5) is 0. The summed E-state index contributed by atoms with van der Waals surface area (Å²) in [5.41, 5.74) is 0. The number of hydrogen-bond acceptors (Lipinski definition) is 2. The highest BCUT2D eigenvalue weighted by Gasteiger charge is 2.41. The molecule has 0 aromatic rings. The monoisotopic (exact) mass is 257 g/mol. The third kappa shape index (κ3) is 3.45. The van der Waals surface area contributed by atoms with Crippen LogP contribution in [0.5, 0.6) is 0 Å². The number of aliphatic hydroxyl groups excluding tert-OH is 1. The molecule has 0 bridgehead atoms. The fraction of sp³-hybridized carbons (Fsp3) is 1.00. The molecule has 2 saturated carbocycles. The number of halogens is 1. The Morgan fingerprint density at radius 3 is 2.33 bits per heavy atom. The van der Waals surface area contributed by atoms with Crippen molar-refractivity contribution >= 4 is 0 Å². The number of hydrogen-bond donors (Lipinski definition) is 2. The van der Waals surface area contributed by atoms with Crippen molar-refractivity contribution in [2.75, 3.05) is 6.61 Å². The van der Waals surface area contributed by atoms with Crippen LogP contribution >= 0.6 is 0 Å². The summed E-state index contributed by atoms with van der Waals surface area (Å²) in [6, 6.07) is 0.407. The molecular weight excluding hydrogens is 229 g/mol. The molecule has 4 atom stereocenters. The number of aliphatic hydroxyl groups is 1. The summed E-state index contributed by atoms with van der Waals surface area (Å²) in [6.45, 7) is 4.39. The van der Waals surface area contributed by atoms with Gasteiger partial charge >= 0.3 is 0 Å². The normalized spacial score (nSPS) is 32.5. The molecule has 2 unspecified atom stereocenters.